The molecular weight excluding hydrogens is 294 g/mol. The van der Waals surface area contributed by atoms with Gasteiger partial charge in [0.25, 0.3) is 11.5 Å². The number of nitrogens with zero attached hydrogens (tertiary/aromatic N) is 4. The zero-order valence-electron chi connectivity index (χ0n) is 10.9. The number of fused-ring (bicyclic) bond motifs is 1. The van der Waals surface area contributed by atoms with Crippen molar-refractivity contribution < 1.29 is 4.79 Å². The van der Waals surface area contributed by atoms with Gasteiger partial charge in [-0.05, 0) is 18.2 Å². The van der Waals surface area contributed by atoms with Crippen molar-refractivity contribution in [1.82, 2.24) is 19.2 Å². The second-order valence-corrected chi connectivity index (χ2v) is 4.87. The van der Waals surface area contributed by atoms with Gasteiger partial charge < -0.3 is 9.88 Å². The van der Waals surface area contributed by atoms with Gasteiger partial charge in [-0.1, -0.05) is 11.6 Å². The molecule has 3 heterocycles. The molecule has 3 aromatic heterocycles. The molecule has 0 unspecified atom stereocenters. The Balaban J connectivity index is 1.90. The highest BCUT2D eigenvalue weighted by atomic mass is 35.5. The van der Waals surface area contributed by atoms with E-state index in [0.29, 0.717) is 16.9 Å². The monoisotopic (exact) mass is 303 g/mol. The van der Waals surface area contributed by atoms with Crippen LogP contribution in [-0.4, -0.2) is 25.1 Å². The summed E-state index contributed by atoms with van der Waals surface area (Å²) in [6.07, 6.45) is 4.63. The maximum Gasteiger partial charge on any atom is 0.269 e. The average molecular weight is 304 g/mol. The number of aromatic nitrogens is 4. The average Bonchev–Trinajstić information content (AvgIpc) is 2.91. The third-order valence-electron chi connectivity index (χ3n) is 2.95. The minimum atomic E-state index is -0.319. The second-order valence-electron chi connectivity index (χ2n) is 4.46. The summed E-state index contributed by atoms with van der Waals surface area (Å²) >= 11 is 5.81. The van der Waals surface area contributed by atoms with Gasteiger partial charge in [0.05, 0.1) is 11.3 Å². The molecule has 21 heavy (non-hydrogen) atoms. The zero-order valence-corrected chi connectivity index (χ0v) is 11.7. The minimum absolute atomic E-state index is 0.0459. The van der Waals surface area contributed by atoms with Crippen LogP contribution < -0.4 is 10.9 Å². The Kier molecular flexibility index (Phi) is 3.19. The number of hydrogen-bond donors (Lipinski definition) is 1. The van der Waals surface area contributed by atoms with E-state index in [1.165, 1.54) is 23.2 Å². The predicted octanol–water partition coefficient (Wildman–Crippen LogP) is 1.33. The van der Waals surface area contributed by atoms with Gasteiger partial charge in [0, 0.05) is 19.4 Å². The molecule has 0 aliphatic carbocycles. The highest BCUT2D eigenvalue weighted by Crippen LogP contribution is 2.12. The number of carbonyl (C=O) groups excluding carboxylic acids is 1. The van der Waals surface area contributed by atoms with E-state index in [9.17, 15) is 9.59 Å². The van der Waals surface area contributed by atoms with Gasteiger partial charge in [0.15, 0.2) is 5.65 Å². The minimum Gasteiger partial charge on any atom is -0.321 e. The highest BCUT2D eigenvalue weighted by Gasteiger charge is 2.09. The summed E-state index contributed by atoms with van der Waals surface area (Å²) in [5, 5.41) is 10.3. The number of carbonyl (C=O) groups is 1. The van der Waals surface area contributed by atoms with Crippen LogP contribution in [0.3, 0.4) is 0 Å². The van der Waals surface area contributed by atoms with E-state index in [2.05, 4.69) is 15.5 Å². The lowest BCUT2D eigenvalue weighted by Crippen LogP contribution is -2.19. The molecule has 0 saturated heterocycles. The van der Waals surface area contributed by atoms with E-state index >= 15 is 0 Å². The molecule has 0 atom stereocenters. The van der Waals surface area contributed by atoms with Crippen molar-refractivity contribution in [3.8, 4) is 0 Å². The van der Waals surface area contributed by atoms with Gasteiger partial charge in [-0.15, -0.1) is 10.2 Å². The highest BCUT2D eigenvalue weighted by molar-refractivity contribution is 6.30. The van der Waals surface area contributed by atoms with Crippen molar-refractivity contribution in [3.63, 3.8) is 0 Å². The summed E-state index contributed by atoms with van der Waals surface area (Å²) in [4.78, 5) is 23.7. The van der Waals surface area contributed by atoms with E-state index in [-0.39, 0.29) is 16.5 Å². The Morgan fingerprint density at radius 3 is 2.90 bits per heavy atom. The molecule has 1 amide bonds. The first-order valence-electron chi connectivity index (χ1n) is 6.01. The molecule has 0 spiro atoms. The zero-order chi connectivity index (χ0) is 15.0. The Labute approximate surface area is 123 Å². The smallest absolute Gasteiger partial charge is 0.269 e. The molecule has 0 aliphatic rings. The van der Waals surface area contributed by atoms with Crippen molar-refractivity contribution in [3.05, 3.63) is 57.9 Å². The van der Waals surface area contributed by atoms with E-state index < -0.39 is 0 Å². The standard InChI is InChI=1S/C13H10ClN5O2/c1-18-6-9(4-10(14)13(18)21)16-12(20)8-2-3-11-17-15-7-19(11)5-8/h2-7H,1H3,(H,16,20). The number of anilines is 1. The molecule has 1 N–H and O–H groups in total. The van der Waals surface area contributed by atoms with Crippen molar-refractivity contribution in [2.45, 2.75) is 0 Å². The number of nitrogens with one attached hydrogen (secondary N) is 1. The maximum atomic E-state index is 12.2. The van der Waals surface area contributed by atoms with E-state index in [1.807, 2.05) is 0 Å². The van der Waals surface area contributed by atoms with Crippen LogP contribution in [0.1, 0.15) is 10.4 Å². The van der Waals surface area contributed by atoms with Gasteiger partial charge >= 0.3 is 0 Å². The fourth-order valence-corrected chi connectivity index (χ4v) is 2.16. The summed E-state index contributed by atoms with van der Waals surface area (Å²) < 4.78 is 2.95. The molecule has 3 aromatic rings. The predicted molar refractivity (Wildman–Crippen MR) is 77.6 cm³/mol. The van der Waals surface area contributed by atoms with Crippen LogP contribution in [-0.2, 0) is 7.05 Å². The number of amides is 1. The van der Waals surface area contributed by atoms with Crippen molar-refractivity contribution in [1.29, 1.82) is 0 Å². The number of pyridine rings is 2. The molecule has 0 aliphatic heterocycles. The Morgan fingerprint density at radius 2 is 2.14 bits per heavy atom. The molecule has 106 valence electrons. The molecule has 0 radical (unpaired) electrons. The van der Waals surface area contributed by atoms with E-state index in [4.69, 9.17) is 11.6 Å². The van der Waals surface area contributed by atoms with Gasteiger partial charge in [-0.2, -0.15) is 0 Å². The van der Waals surface area contributed by atoms with Gasteiger partial charge in [0.2, 0.25) is 0 Å². The van der Waals surface area contributed by atoms with E-state index in [1.54, 1.807) is 29.8 Å². The number of hydrogen-bond acceptors (Lipinski definition) is 4. The summed E-state index contributed by atoms with van der Waals surface area (Å²) in [5.41, 5.74) is 1.21. The topological polar surface area (TPSA) is 81.3 Å². The molecule has 7 nitrogen and oxygen atoms in total. The second kappa shape index (κ2) is 5.02. The normalized spacial score (nSPS) is 10.8. The van der Waals surface area contributed by atoms with Crippen molar-refractivity contribution in [2.24, 2.45) is 7.05 Å². The van der Waals surface area contributed by atoms with Gasteiger partial charge in [-0.25, -0.2) is 0 Å². The van der Waals surface area contributed by atoms with Crippen LogP contribution in [0.4, 0.5) is 5.69 Å². The lowest BCUT2D eigenvalue weighted by Gasteiger charge is -2.07. The molecule has 0 bridgehead atoms. The first-order valence-corrected chi connectivity index (χ1v) is 6.39. The lowest BCUT2D eigenvalue weighted by atomic mass is 10.2. The first-order chi connectivity index (χ1) is 10.0. The molecule has 0 aromatic carbocycles. The summed E-state index contributed by atoms with van der Waals surface area (Å²) in [7, 11) is 1.56. The SMILES string of the molecule is Cn1cc(NC(=O)c2ccc3nncn3c2)cc(Cl)c1=O. The Hall–Kier alpha value is -2.67. The molecule has 8 heteroatoms. The van der Waals surface area contributed by atoms with Crippen LogP contribution in [0.5, 0.6) is 0 Å². The van der Waals surface area contributed by atoms with Gasteiger partial charge in [-0.3, -0.25) is 14.0 Å². The quantitative estimate of drug-likeness (QED) is 0.774. The number of aryl methyl sites for hydroxylation is 1. The third kappa shape index (κ3) is 2.50. The van der Waals surface area contributed by atoms with Crippen LogP contribution >= 0.6 is 11.6 Å². The van der Waals surface area contributed by atoms with Gasteiger partial charge in [0.1, 0.15) is 11.3 Å². The Morgan fingerprint density at radius 1 is 1.33 bits per heavy atom. The third-order valence-corrected chi connectivity index (χ3v) is 3.22. The molecule has 0 saturated carbocycles. The van der Waals surface area contributed by atoms with Crippen LogP contribution in [0, 0.1) is 0 Å². The van der Waals surface area contributed by atoms with Crippen molar-refractivity contribution >= 4 is 28.8 Å². The molecular formula is C13H10ClN5O2. The van der Waals surface area contributed by atoms with Crippen LogP contribution in [0.2, 0.25) is 5.02 Å². The van der Waals surface area contributed by atoms with Crippen LogP contribution in [0.15, 0.2) is 41.7 Å². The molecule has 0 fully saturated rings. The summed E-state index contributed by atoms with van der Waals surface area (Å²) in [5.74, 6) is -0.319. The Bertz CT molecular complexity index is 873. The largest absolute Gasteiger partial charge is 0.321 e. The lowest BCUT2D eigenvalue weighted by molar-refractivity contribution is 0.102. The summed E-state index contributed by atoms with van der Waals surface area (Å²) in [6.45, 7) is 0. The maximum absolute atomic E-state index is 12.2. The van der Waals surface area contributed by atoms with Crippen LogP contribution in [0.25, 0.3) is 5.65 Å². The fraction of sp³-hybridized carbons (Fsp3) is 0.0769. The molecule has 3 rings (SSSR count). The number of halogens is 1. The van der Waals surface area contributed by atoms with E-state index in [0.717, 1.165) is 0 Å². The van der Waals surface area contributed by atoms with Crippen molar-refractivity contribution in [2.75, 3.05) is 5.32 Å². The number of rotatable bonds is 2. The summed E-state index contributed by atoms with van der Waals surface area (Å²) in [6, 6.07) is 4.75. The fourth-order valence-electron chi connectivity index (χ4n) is 1.90. The first kappa shape index (κ1) is 13.3.